The van der Waals surface area contributed by atoms with Gasteiger partial charge >= 0.3 is 0 Å². The minimum absolute atomic E-state index is 0.0958. The molecular weight excluding hydrogens is 365 g/mol. The molecule has 0 spiro atoms. The highest BCUT2D eigenvalue weighted by molar-refractivity contribution is 5.97. The minimum atomic E-state index is -0.375. The number of hydrogen-bond acceptors (Lipinski definition) is 6. The Morgan fingerprint density at radius 1 is 1.14 bits per heavy atom. The molecule has 3 heterocycles. The molecule has 2 aromatic carbocycles. The summed E-state index contributed by atoms with van der Waals surface area (Å²) in [5, 5.41) is 4.04. The standard InChI is InChI=1S/C20H16FN3O4/c1-11-2-4-14(21)8-15(11)24-9-13(7-18(24)25)20-22-19(23-28-20)12-3-5-16-17(6-12)27-10-26-16/h2-6,8,13H,7,9-10H2,1H3. The largest absolute Gasteiger partial charge is 0.454 e. The third-order valence-corrected chi connectivity index (χ3v) is 5.01. The average Bonchev–Trinajstić information content (AvgIpc) is 3.42. The van der Waals surface area contributed by atoms with Gasteiger partial charge in [-0.1, -0.05) is 11.2 Å². The number of fused-ring (bicyclic) bond motifs is 1. The molecule has 1 unspecified atom stereocenters. The van der Waals surface area contributed by atoms with Crippen LogP contribution in [0.4, 0.5) is 10.1 Å². The highest BCUT2D eigenvalue weighted by Crippen LogP contribution is 2.37. The van der Waals surface area contributed by atoms with Gasteiger partial charge in [0.05, 0.1) is 5.92 Å². The van der Waals surface area contributed by atoms with E-state index in [4.69, 9.17) is 14.0 Å². The minimum Gasteiger partial charge on any atom is -0.454 e. The van der Waals surface area contributed by atoms with Crippen LogP contribution in [0.3, 0.4) is 0 Å². The summed E-state index contributed by atoms with van der Waals surface area (Å²) in [7, 11) is 0. The van der Waals surface area contributed by atoms with Gasteiger partial charge in [-0.05, 0) is 42.8 Å². The first-order chi connectivity index (χ1) is 13.6. The lowest BCUT2D eigenvalue weighted by molar-refractivity contribution is -0.117. The summed E-state index contributed by atoms with van der Waals surface area (Å²) in [6.45, 7) is 2.40. The maximum absolute atomic E-state index is 13.6. The molecule has 1 fully saturated rings. The second kappa shape index (κ2) is 6.33. The van der Waals surface area contributed by atoms with Crippen molar-refractivity contribution in [2.24, 2.45) is 0 Å². The summed E-state index contributed by atoms with van der Waals surface area (Å²) in [4.78, 5) is 18.6. The molecule has 142 valence electrons. The zero-order valence-electron chi connectivity index (χ0n) is 15.0. The van der Waals surface area contributed by atoms with Crippen LogP contribution in [0.1, 0.15) is 23.8 Å². The summed E-state index contributed by atoms with van der Waals surface area (Å²) in [6, 6.07) is 9.83. The van der Waals surface area contributed by atoms with Gasteiger partial charge in [0.2, 0.25) is 24.4 Å². The molecule has 0 N–H and O–H groups in total. The van der Waals surface area contributed by atoms with Crippen LogP contribution in [0, 0.1) is 12.7 Å². The van der Waals surface area contributed by atoms with Crippen molar-refractivity contribution in [2.75, 3.05) is 18.2 Å². The average molecular weight is 381 g/mol. The van der Waals surface area contributed by atoms with Gasteiger partial charge in [-0.25, -0.2) is 4.39 Å². The number of amides is 1. The Balaban J connectivity index is 1.39. The molecule has 1 aromatic heterocycles. The van der Waals surface area contributed by atoms with Crippen LogP contribution in [0.2, 0.25) is 0 Å². The van der Waals surface area contributed by atoms with Crippen LogP contribution in [0.5, 0.6) is 11.5 Å². The van der Waals surface area contributed by atoms with Gasteiger partial charge in [0.25, 0.3) is 0 Å². The first kappa shape index (κ1) is 16.7. The van der Waals surface area contributed by atoms with Crippen molar-refractivity contribution < 1.29 is 23.2 Å². The van der Waals surface area contributed by atoms with E-state index >= 15 is 0 Å². The monoisotopic (exact) mass is 381 g/mol. The van der Waals surface area contributed by atoms with Crippen LogP contribution in [0.25, 0.3) is 11.4 Å². The number of carbonyl (C=O) groups excluding carboxylic acids is 1. The summed E-state index contributed by atoms with van der Waals surface area (Å²) in [5.74, 6) is 1.40. The number of aromatic nitrogens is 2. The quantitative estimate of drug-likeness (QED) is 0.692. The van der Waals surface area contributed by atoms with Crippen LogP contribution in [-0.4, -0.2) is 29.4 Å². The van der Waals surface area contributed by atoms with Crippen molar-refractivity contribution >= 4 is 11.6 Å². The second-order valence-electron chi connectivity index (χ2n) is 6.86. The SMILES string of the molecule is Cc1ccc(F)cc1N1CC(c2nc(-c3ccc4c(c3)OCO4)no2)CC1=O. The van der Waals surface area contributed by atoms with Gasteiger partial charge < -0.3 is 18.9 Å². The number of ether oxygens (including phenoxy) is 2. The van der Waals surface area contributed by atoms with Crippen molar-refractivity contribution in [3.63, 3.8) is 0 Å². The number of carbonyl (C=O) groups is 1. The van der Waals surface area contributed by atoms with E-state index in [1.54, 1.807) is 23.1 Å². The Hall–Kier alpha value is -3.42. The maximum atomic E-state index is 13.6. The van der Waals surface area contributed by atoms with E-state index in [1.807, 2.05) is 13.0 Å². The number of halogens is 1. The Labute approximate surface area is 159 Å². The van der Waals surface area contributed by atoms with E-state index in [9.17, 15) is 9.18 Å². The van der Waals surface area contributed by atoms with E-state index in [0.29, 0.717) is 35.4 Å². The molecule has 2 aliphatic rings. The third kappa shape index (κ3) is 2.77. The summed E-state index contributed by atoms with van der Waals surface area (Å²) in [6.07, 6.45) is 0.235. The lowest BCUT2D eigenvalue weighted by Gasteiger charge is -2.18. The predicted octanol–water partition coefficient (Wildman–Crippen LogP) is 3.43. The molecule has 5 rings (SSSR count). The molecule has 2 aliphatic heterocycles. The number of nitrogens with zero attached hydrogens (tertiary/aromatic N) is 3. The Bertz CT molecular complexity index is 1080. The fourth-order valence-corrected chi connectivity index (χ4v) is 3.53. The maximum Gasteiger partial charge on any atom is 0.232 e. The van der Waals surface area contributed by atoms with Gasteiger partial charge in [-0.3, -0.25) is 4.79 Å². The Morgan fingerprint density at radius 2 is 2.00 bits per heavy atom. The molecule has 7 nitrogen and oxygen atoms in total. The fourth-order valence-electron chi connectivity index (χ4n) is 3.53. The van der Waals surface area contributed by atoms with E-state index in [2.05, 4.69) is 10.1 Å². The molecule has 1 saturated heterocycles. The van der Waals surface area contributed by atoms with Gasteiger partial charge in [-0.15, -0.1) is 0 Å². The van der Waals surface area contributed by atoms with Gasteiger partial charge in [0.1, 0.15) is 5.82 Å². The normalized spacial score (nSPS) is 18.1. The number of benzene rings is 2. The number of aryl methyl sites for hydroxylation is 1. The topological polar surface area (TPSA) is 77.7 Å². The van der Waals surface area contributed by atoms with Crippen LogP contribution in [0.15, 0.2) is 40.9 Å². The fraction of sp³-hybridized carbons (Fsp3) is 0.250. The van der Waals surface area contributed by atoms with Crippen LogP contribution >= 0.6 is 0 Å². The smallest absolute Gasteiger partial charge is 0.232 e. The summed E-state index contributed by atoms with van der Waals surface area (Å²) >= 11 is 0. The third-order valence-electron chi connectivity index (χ3n) is 5.01. The van der Waals surface area contributed by atoms with E-state index in [-0.39, 0.29) is 30.9 Å². The first-order valence-electron chi connectivity index (χ1n) is 8.88. The van der Waals surface area contributed by atoms with E-state index < -0.39 is 0 Å². The summed E-state index contributed by atoms with van der Waals surface area (Å²) < 4.78 is 29.7. The molecule has 8 heteroatoms. The van der Waals surface area contributed by atoms with Crippen molar-refractivity contribution in [3.8, 4) is 22.9 Å². The molecule has 1 amide bonds. The van der Waals surface area contributed by atoms with E-state index in [1.165, 1.54) is 12.1 Å². The van der Waals surface area contributed by atoms with Crippen molar-refractivity contribution in [1.29, 1.82) is 0 Å². The van der Waals surface area contributed by atoms with Gasteiger partial charge in [0, 0.05) is 24.2 Å². The number of rotatable bonds is 3. The lowest BCUT2D eigenvalue weighted by Crippen LogP contribution is -2.25. The molecule has 0 bridgehead atoms. The molecule has 0 radical (unpaired) electrons. The zero-order valence-corrected chi connectivity index (χ0v) is 15.0. The molecular formula is C20H16FN3O4. The zero-order chi connectivity index (χ0) is 19.3. The molecule has 28 heavy (non-hydrogen) atoms. The Kier molecular flexibility index (Phi) is 3.78. The van der Waals surface area contributed by atoms with Crippen LogP contribution < -0.4 is 14.4 Å². The first-order valence-corrected chi connectivity index (χ1v) is 8.88. The van der Waals surface area contributed by atoms with Gasteiger partial charge in [0.15, 0.2) is 11.5 Å². The highest BCUT2D eigenvalue weighted by atomic mass is 19.1. The van der Waals surface area contributed by atoms with Gasteiger partial charge in [-0.2, -0.15) is 4.98 Å². The molecule has 0 saturated carbocycles. The van der Waals surface area contributed by atoms with Crippen molar-refractivity contribution in [1.82, 2.24) is 10.1 Å². The van der Waals surface area contributed by atoms with E-state index in [0.717, 1.165) is 11.1 Å². The second-order valence-corrected chi connectivity index (χ2v) is 6.86. The Morgan fingerprint density at radius 3 is 2.89 bits per heavy atom. The van der Waals surface area contributed by atoms with Crippen molar-refractivity contribution in [2.45, 2.75) is 19.3 Å². The predicted molar refractivity (Wildman–Crippen MR) is 96.7 cm³/mol. The van der Waals surface area contributed by atoms with Crippen molar-refractivity contribution in [3.05, 3.63) is 53.7 Å². The number of anilines is 1. The summed E-state index contributed by atoms with van der Waals surface area (Å²) in [5.41, 5.74) is 2.14. The molecule has 0 aliphatic carbocycles. The highest BCUT2D eigenvalue weighted by Gasteiger charge is 2.36. The lowest BCUT2D eigenvalue weighted by atomic mass is 10.1. The number of hydrogen-bond donors (Lipinski definition) is 0. The van der Waals surface area contributed by atoms with Crippen LogP contribution in [-0.2, 0) is 4.79 Å². The molecule has 1 atom stereocenters. The molecule has 3 aromatic rings.